The highest BCUT2D eigenvalue weighted by atomic mass is 32.1. The molecule has 0 aliphatic rings. The summed E-state index contributed by atoms with van der Waals surface area (Å²) in [6, 6.07) is 15.0. The van der Waals surface area contributed by atoms with E-state index in [2.05, 4.69) is 15.0 Å². The number of para-hydroxylation sites is 2. The molecule has 0 spiro atoms. The molecule has 0 unspecified atom stereocenters. The van der Waals surface area contributed by atoms with Gasteiger partial charge < -0.3 is 14.7 Å². The van der Waals surface area contributed by atoms with Crippen LogP contribution in [0.4, 0.5) is 0 Å². The summed E-state index contributed by atoms with van der Waals surface area (Å²) in [7, 11) is 0. The number of carbonyl (C=O) groups is 1. The van der Waals surface area contributed by atoms with Crippen molar-refractivity contribution >= 4 is 28.3 Å². The molecular weight excluding hydrogens is 372 g/mol. The molecule has 0 aliphatic heterocycles. The van der Waals surface area contributed by atoms with Gasteiger partial charge >= 0.3 is 0 Å². The molecule has 0 aliphatic carbocycles. The highest BCUT2D eigenvalue weighted by Gasteiger charge is 2.17. The number of rotatable bonds is 4. The van der Waals surface area contributed by atoms with Gasteiger partial charge in [-0.15, -0.1) is 11.3 Å². The molecule has 142 valence electrons. The summed E-state index contributed by atoms with van der Waals surface area (Å²) >= 11 is 1.57. The number of hydrogen-bond acceptors (Lipinski definition) is 4. The molecule has 0 radical (unpaired) electrons. The van der Waals surface area contributed by atoms with Crippen LogP contribution in [0.1, 0.15) is 24.2 Å². The Morgan fingerprint density at radius 1 is 1.25 bits per heavy atom. The lowest BCUT2D eigenvalue weighted by molar-refractivity contribution is 0.0612. The first kappa shape index (κ1) is 18.3. The molecule has 2 N–H and O–H groups in total. The standard InChI is InChI=1S/C21H20N4O2S/c1-21(2,27)13-25-17-7-4-3-6-15(17)23-20(25)24-19(26)14-9-10-22-16(12-14)18-8-5-11-28-18/h3-12,27H,13H2,1-2H3,(H,23,24,26). The summed E-state index contributed by atoms with van der Waals surface area (Å²) in [5.74, 6) is -0.365. The SMILES string of the molecule is CC(C)(O)Cn1/c(=N/C(=O)c2ccnc(-c3cccs3)c2)[nH]c2ccccc21. The summed E-state index contributed by atoms with van der Waals surface area (Å²) in [6.45, 7) is 3.76. The first-order valence-electron chi connectivity index (χ1n) is 8.90. The van der Waals surface area contributed by atoms with E-state index in [1.807, 2.05) is 46.3 Å². The summed E-state index contributed by atoms with van der Waals surface area (Å²) in [5, 5.41) is 12.3. The maximum absolute atomic E-state index is 12.8. The van der Waals surface area contributed by atoms with E-state index in [-0.39, 0.29) is 5.91 Å². The second kappa shape index (κ2) is 7.18. The van der Waals surface area contributed by atoms with Crippen molar-refractivity contribution in [3.63, 3.8) is 0 Å². The van der Waals surface area contributed by atoms with Crippen molar-refractivity contribution in [3.8, 4) is 10.6 Å². The number of aromatic nitrogens is 3. The Balaban J connectivity index is 1.79. The molecule has 28 heavy (non-hydrogen) atoms. The molecule has 0 saturated carbocycles. The average Bonchev–Trinajstić information content (AvgIpc) is 3.30. The van der Waals surface area contributed by atoms with Crippen molar-refractivity contribution < 1.29 is 9.90 Å². The van der Waals surface area contributed by atoms with Crippen LogP contribution in [0.15, 0.2) is 65.1 Å². The number of aromatic amines is 1. The number of nitrogens with one attached hydrogen (secondary N) is 1. The van der Waals surface area contributed by atoms with E-state index in [0.717, 1.165) is 21.6 Å². The zero-order chi connectivity index (χ0) is 19.7. The Morgan fingerprint density at radius 2 is 2.07 bits per heavy atom. The average molecular weight is 392 g/mol. The molecule has 0 fully saturated rings. The van der Waals surface area contributed by atoms with Crippen molar-refractivity contribution in [3.05, 3.63) is 71.3 Å². The molecule has 4 rings (SSSR count). The van der Waals surface area contributed by atoms with Crippen molar-refractivity contribution in [2.45, 2.75) is 26.0 Å². The third kappa shape index (κ3) is 3.81. The van der Waals surface area contributed by atoms with Gasteiger partial charge in [0.15, 0.2) is 0 Å². The number of nitrogens with zero attached hydrogens (tertiary/aromatic N) is 3. The maximum atomic E-state index is 12.8. The van der Waals surface area contributed by atoms with E-state index in [1.54, 1.807) is 43.5 Å². The van der Waals surface area contributed by atoms with Gasteiger partial charge in [0, 0.05) is 11.8 Å². The Hall–Kier alpha value is -3.03. The number of carbonyl (C=O) groups excluding carboxylic acids is 1. The van der Waals surface area contributed by atoms with Crippen LogP contribution in [0, 0.1) is 0 Å². The number of pyridine rings is 1. The molecule has 4 aromatic rings. The number of aliphatic hydroxyl groups is 1. The lowest BCUT2D eigenvalue weighted by Crippen LogP contribution is -2.32. The molecule has 0 bridgehead atoms. The van der Waals surface area contributed by atoms with Gasteiger partial charge in [0.2, 0.25) is 5.62 Å². The summed E-state index contributed by atoms with van der Waals surface area (Å²) in [5.41, 5.74) is 2.40. The minimum absolute atomic E-state index is 0.305. The summed E-state index contributed by atoms with van der Waals surface area (Å²) < 4.78 is 1.83. The number of amides is 1. The predicted octanol–water partition coefficient (Wildman–Crippen LogP) is 3.60. The van der Waals surface area contributed by atoms with Crippen LogP contribution in [0.3, 0.4) is 0 Å². The Labute approximate surface area is 165 Å². The fraction of sp³-hybridized carbons (Fsp3) is 0.190. The lowest BCUT2D eigenvalue weighted by atomic mass is 10.1. The fourth-order valence-electron chi connectivity index (χ4n) is 3.04. The number of H-pyrrole nitrogens is 1. The second-order valence-corrected chi connectivity index (χ2v) is 8.14. The quantitative estimate of drug-likeness (QED) is 0.557. The zero-order valence-electron chi connectivity index (χ0n) is 15.6. The van der Waals surface area contributed by atoms with Crippen molar-refractivity contribution in [1.29, 1.82) is 0 Å². The predicted molar refractivity (Wildman–Crippen MR) is 110 cm³/mol. The zero-order valence-corrected chi connectivity index (χ0v) is 16.4. The van der Waals surface area contributed by atoms with E-state index >= 15 is 0 Å². The fourth-order valence-corrected chi connectivity index (χ4v) is 3.73. The third-order valence-electron chi connectivity index (χ3n) is 4.23. The third-order valence-corrected chi connectivity index (χ3v) is 5.12. The first-order chi connectivity index (χ1) is 13.4. The van der Waals surface area contributed by atoms with Crippen LogP contribution in [0.5, 0.6) is 0 Å². The lowest BCUT2D eigenvalue weighted by Gasteiger charge is -2.18. The highest BCUT2D eigenvalue weighted by Crippen LogP contribution is 2.23. The van der Waals surface area contributed by atoms with E-state index in [4.69, 9.17) is 0 Å². The van der Waals surface area contributed by atoms with E-state index in [1.165, 1.54) is 0 Å². The smallest absolute Gasteiger partial charge is 0.280 e. The van der Waals surface area contributed by atoms with Crippen molar-refractivity contribution in [2.24, 2.45) is 4.99 Å². The van der Waals surface area contributed by atoms with Gasteiger partial charge in [-0.2, -0.15) is 4.99 Å². The van der Waals surface area contributed by atoms with E-state index in [0.29, 0.717) is 17.7 Å². The number of hydrogen-bond donors (Lipinski definition) is 2. The number of imidazole rings is 1. The second-order valence-electron chi connectivity index (χ2n) is 7.19. The van der Waals surface area contributed by atoms with Crippen LogP contribution >= 0.6 is 11.3 Å². The van der Waals surface area contributed by atoms with Gasteiger partial charge in [-0.1, -0.05) is 18.2 Å². The normalized spacial score (nSPS) is 12.6. The highest BCUT2D eigenvalue weighted by molar-refractivity contribution is 7.13. The van der Waals surface area contributed by atoms with Crippen LogP contribution in [0.25, 0.3) is 21.6 Å². The monoisotopic (exact) mass is 392 g/mol. The Bertz CT molecular complexity index is 1200. The van der Waals surface area contributed by atoms with Crippen LogP contribution in [-0.2, 0) is 6.54 Å². The first-order valence-corrected chi connectivity index (χ1v) is 9.78. The number of benzene rings is 1. The Kier molecular flexibility index (Phi) is 4.70. The molecule has 3 aromatic heterocycles. The van der Waals surface area contributed by atoms with Gasteiger partial charge in [0.25, 0.3) is 5.91 Å². The molecule has 3 heterocycles. The van der Waals surface area contributed by atoms with Crippen LogP contribution in [0.2, 0.25) is 0 Å². The minimum Gasteiger partial charge on any atom is -0.389 e. The largest absolute Gasteiger partial charge is 0.389 e. The van der Waals surface area contributed by atoms with Crippen molar-refractivity contribution in [1.82, 2.24) is 14.5 Å². The Morgan fingerprint density at radius 3 is 2.82 bits per heavy atom. The molecule has 1 amide bonds. The van der Waals surface area contributed by atoms with Crippen molar-refractivity contribution in [2.75, 3.05) is 0 Å². The van der Waals surface area contributed by atoms with Crippen LogP contribution < -0.4 is 5.62 Å². The van der Waals surface area contributed by atoms with Crippen LogP contribution in [-0.4, -0.2) is 31.1 Å². The molecule has 1 aromatic carbocycles. The molecule has 0 saturated heterocycles. The summed E-state index contributed by atoms with van der Waals surface area (Å²) in [4.78, 5) is 25.7. The number of fused-ring (bicyclic) bond motifs is 1. The van der Waals surface area contributed by atoms with Gasteiger partial charge in [-0.05, 0) is 49.6 Å². The van der Waals surface area contributed by atoms with Gasteiger partial charge in [0.05, 0.1) is 33.8 Å². The minimum atomic E-state index is -0.952. The van der Waals surface area contributed by atoms with Gasteiger partial charge in [-0.25, -0.2) is 0 Å². The molecule has 0 atom stereocenters. The molecule has 7 heteroatoms. The number of thiophene rings is 1. The molecular formula is C21H20N4O2S. The van der Waals surface area contributed by atoms with E-state index in [9.17, 15) is 9.90 Å². The van der Waals surface area contributed by atoms with E-state index < -0.39 is 5.60 Å². The van der Waals surface area contributed by atoms with Gasteiger partial charge in [-0.3, -0.25) is 9.78 Å². The summed E-state index contributed by atoms with van der Waals surface area (Å²) in [6.07, 6.45) is 1.62. The topological polar surface area (TPSA) is 83.3 Å². The van der Waals surface area contributed by atoms with Gasteiger partial charge in [0.1, 0.15) is 0 Å². The maximum Gasteiger partial charge on any atom is 0.280 e. The molecule has 6 nitrogen and oxygen atoms in total.